The number of hydrogen-bond acceptors (Lipinski definition) is 5. The number of anilines is 1. The molecule has 2 aromatic rings. The summed E-state index contributed by atoms with van der Waals surface area (Å²) < 4.78 is 2.42. The molecule has 3 N–H and O–H groups in total. The van der Waals surface area contributed by atoms with Crippen molar-refractivity contribution < 1.29 is 10.2 Å². The molecule has 2 heterocycles. The number of hydrogen-bond donors (Lipinski definition) is 3. The molecular weight excluding hydrogens is 348 g/mol. The molecule has 0 unspecified atom stereocenters. The van der Waals surface area contributed by atoms with Crippen LogP contribution in [0.15, 0.2) is 22.8 Å². The second kappa shape index (κ2) is 6.18. The maximum atomic E-state index is 10.3. The Morgan fingerprint density at radius 3 is 2.64 bits per heavy atom. The molecule has 1 aromatic heterocycles. The lowest BCUT2D eigenvalue weighted by atomic mass is 10.1. The highest BCUT2D eigenvalue weighted by atomic mass is 79.9. The van der Waals surface area contributed by atoms with Crippen LogP contribution in [0.1, 0.15) is 6.92 Å². The van der Waals surface area contributed by atoms with Crippen LogP contribution in [0.4, 0.5) is 5.69 Å². The standard InChI is InChI=1S/C15H19BrN4O2/c1-2-20-15(10-7-11(16)14(22)8-13(10)21)12(9-18-20)19-5-3-17-4-6-19/h7-9,17,21-22H,2-6H2,1H3. The summed E-state index contributed by atoms with van der Waals surface area (Å²) in [6.07, 6.45) is 1.85. The summed E-state index contributed by atoms with van der Waals surface area (Å²) >= 11 is 3.32. The Balaban J connectivity index is 2.12. The third kappa shape index (κ3) is 2.66. The highest BCUT2D eigenvalue weighted by Crippen LogP contribution is 2.41. The number of piperazine rings is 1. The zero-order chi connectivity index (χ0) is 15.7. The lowest BCUT2D eigenvalue weighted by molar-refractivity contribution is 0.449. The number of aromatic hydroxyl groups is 2. The van der Waals surface area contributed by atoms with Gasteiger partial charge in [-0.05, 0) is 28.9 Å². The molecule has 3 rings (SSSR count). The van der Waals surface area contributed by atoms with Gasteiger partial charge in [-0.25, -0.2) is 0 Å². The number of halogens is 1. The van der Waals surface area contributed by atoms with E-state index in [-0.39, 0.29) is 11.5 Å². The first-order valence-electron chi connectivity index (χ1n) is 7.35. The molecule has 0 atom stereocenters. The third-order valence-electron chi connectivity index (χ3n) is 3.90. The monoisotopic (exact) mass is 366 g/mol. The van der Waals surface area contributed by atoms with Gasteiger partial charge in [-0.2, -0.15) is 5.10 Å². The van der Waals surface area contributed by atoms with Crippen LogP contribution in [0.25, 0.3) is 11.3 Å². The van der Waals surface area contributed by atoms with Crippen molar-refractivity contribution in [2.45, 2.75) is 13.5 Å². The van der Waals surface area contributed by atoms with Gasteiger partial charge >= 0.3 is 0 Å². The molecule has 22 heavy (non-hydrogen) atoms. The number of aromatic nitrogens is 2. The highest BCUT2D eigenvalue weighted by molar-refractivity contribution is 9.10. The van der Waals surface area contributed by atoms with Gasteiger partial charge in [0, 0.05) is 44.4 Å². The van der Waals surface area contributed by atoms with Crippen molar-refractivity contribution in [2.75, 3.05) is 31.1 Å². The van der Waals surface area contributed by atoms with Gasteiger partial charge in [-0.15, -0.1) is 0 Å². The maximum absolute atomic E-state index is 10.3. The molecule has 0 bridgehead atoms. The van der Waals surface area contributed by atoms with Gasteiger partial charge in [0.2, 0.25) is 0 Å². The Morgan fingerprint density at radius 1 is 1.23 bits per heavy atom. The van der Waals surface area contributed by atoms with Gasteiger partial charge in [0.25, 0.3) is 0 Å². The Bertz CT molecular complexity index is 680. The first kappa shape index (κ1) is 15.2. The van der Waals surface area contributed by atoms with E-state index < -0.39 is 0 Å². The maximum Gasteiger partial charge on any atom is 0.133 e. The van der Waals surface area contributed by atoms with E-state index in [9.17, 15) is 10.2 Å². The van der Waals surface area contributed by atoms with E-state index in [1.165, 1.54) is 6.07 Å². The number of benzene rings is 1. The van der Waals surface area contributed by atoms with Gasteiger partial charge in [0.15, 0.2) is 0 Å². The minimum absolute atomic E-state index is 0.0209. The summed E-state index contributed by atoms with van der Waals surface area (Å²) in [5.41, 5.74) is 2.55. The largest absolute Gasteiger partial charge is 0.507 e. The second-order valence-electron chi connectivity index (χ2n) is 5.25. The molecule has 0 saturated carbocycles. The predicted octanol–water partition coefficient (Wildman–Crippen LogP) is 2.15. The SMILES string of the molecule is CCn1ncc(N2CCNCC2)c1-c1cc(Br)c(O)cc1O. The van der Waals surface area contributed by atoms with E-state index in [4.69, 9.17) is 0 Å². The lowest BCUT2D eigenvalue weighted by Crippen LogP contribution is -2.43. The molecule has 1 saturated heterocycles. The quantitative estimate of drug-likeness (QED) is 0.776. The number of phenolic OH excluding ortho intramolecular Hbond substituents is 2. The van der Waals surface area contributed by atoms with E-state index >= 15 is 0 Å². The van der Waals surface area contributed by atoms with Crippen LogP contribution in [0.2, 0.25) is 0 Å². The van der Waals surface area contributed by atoms with E-state index in [1.54, 1.807) is 6.07 Å². The van der Waals surface area contributed by atoms with Crippen LogP contribution >= 0.6 is 15.9 Å². The Morgan fingerprint density at radius 2 is 1.95 bits per heavy atom. The van der Waals surface area contributed by atoms with E-state index in [0.29, 0.717) is 16.6 Å². The smallest absolute Gasteiger partial charge is 0.133 e. The van der Waals surface area contributed by atoms with Crippen molar-refractivity contribution in [3.8, 4) is 22.8 Å². The fourth-order valence-corrected chi connectivity index (χ4v) is 3.11. The first-order valence-corrected chi connectivity index (χ1v) is 8.14. The molecule has 0 aliphatic carbocycles. The molecule has 118 valence electrons. The van der Waals surface area contributed by atoms with Crippen molar-refractivity contribution in [1.29, 1.82) is 0 Å². The van der Waals surface area contributed by atoms with Crippen molar-refractivity contribution in [2.24, 2.45) is 0 Å². The molecule has 7 heteroatoms. The fraction of sp³-hybridized carbons (Fsp3) is 0.400. The highest BCUT2D eigenvalue weighted by Gasteiger charge is 2.22. The molecular formula is C15H19BrN4O2. The van der Waals surface area contributed by atoms with Gasteiger partial charge in [-0.3, -0.25) is 4.68 Å². The average molecular weight is 367 g/mol. The third-order valence-corrected chi connectivity index (χ3v) is 4.53. The van der Waals surface area contributed by atoms with Crippen molar-refractivity contribution in [3.63, 3.8) is 0 Å². The average Bonchev–Trinajstić information content (AvgIpc) is 2.95. The number of aryl methyl sites for hydroxylation is 1. The van der Waals surface area contributed by atoms with Crippen LogP contribution in [0.5, 0.6) is 11.5 Å². The molecule has 0 radical (unpaired) electrons. The second-order valence-corrected chi connectivity index (χ2v) is 6.11. The van der Waals surface area contributed by atoms with Gasteiger partial charge in [0.1, 0.15) is 11.5 Å². The molecule has 0 spiro atoms. The molecule has 1 aliphatic heterocycles. The zero-order valence-electron chi connectivity index (χ0n) is 12.4. The molecule has 1 aliphatic rings. The number of nitrogens with zero attached hydrogens (tertiary/aromatic N) is 3. The van der Waals surface area contributed by atoms with Gasteiger partial charge in [0.05, 0.1) is 22.1 Å². The minimum atomic E-state index is 0.0209. The lowest BCUT2D eigenvalue weighted by Gasteiger charge is -2.29. The summed E-state index contributed by atoms with van der Waals surface area (Å²) in [5.74, 6) is 0.0693. The van der Waals surface area contributed by atoms with Crippen molar-refractivity contribution in [1.82, 2.24) is 15.1 Å². The summed E-state index contributed by atoms with van der Waals surface area (Å²) in [5, 5.41) is 27.8. The Kier molecular flexibility index (Phi) is 4.26. The van der Waals surface area contributed by atoms with Crippen LogP contribution < -0.4 is 10.2 Å². The van der Waals surface area contributed by atoms with Crippen LogP contribution in [0, 0.1) is 0 Å². The molecule has 1 aromatic carbocycles. The van der Waals surface area contributed by atoms with E-state index in [0.717, 1.165) is 37.6 Å². The van der Waals surface area contributed by atoms with Crippen LogP contribution in [0.3, 0.4) is 0 Å². The molecule has 1 fully saturated rings. The summed E-state index contributed by atoms with van der Waals surface area (Å²) in [4.78, 5) is 2.27. The van der Waals surface area contributed by atoms with Crippen molar-refractivity contribution >= 4 is 21.6 Å². The minimum Gasteiger partial charge on any atom is -0.507 e. The molecule has 6 nitrogen and oxygen atoms in total. The Labute approximate surface area is 137 Å². The fourth-order valence-electron chi connectivity index (χ4n) is 2.77. The van der Waals surface area contributed by atoms with Crippen LogP contribution in [-0.4, -0.2) is 46.2 Å². The summed E-state index contributed by atoms with van der Waals surface area (Å²) in [6.45, 7) is 6.40. The normalized spacial score (nSPS) is 15.3. The van der Waals surface area contributed by atoms with Crippen LogP contribution in [-0.2, 0) is 6.54 Å². The summed E-state index contributed by atoms with van der Waals surface area (Å²) in [7, 11) is 0. The summed E-state index contributed by atoms with van der Waals surface area (Å²) in [6, 6.07) is 3.09. The zero-order valence-corrected chi connectivity index (χ0v) is 14.0. The number of phenols is 2. The molecule has 0 amide bonds. The van der Waals surface area contributed by atoms with E-state index in [1.807, 2.05) is 17.8 Å². The van der Waals surface area contributed by atoms with Gasteiger partial charge in [-0.1, -0.05) is 0 Å². The Hall–Kier alpha value is -1.73. The number of rotatable bonds is 3. The van der Waals surface area contributed by atoms with Crippen molar-refractivity contribution in [3.05, 3.63) is 22.8 Å². The number of nitrogens with one attached hydrogen (secondary N) is 1. The topological polar surface area (TPSA) is 73.6 Å². The predicted molar refractivity (Wildman–Crippen MR) is 89.4 cm³/mol. The van der Waals surface area contributed by atoms with Gasteiger partial charge < -0.3 is 20.4 Å². The first-order chi connectivity index (χ1) is 10.6. The van der Waals surface area contributed by atoms with E-state index in [2.05, 4.69) is 31.2 Å².